The molecule has 1 aromatic carbocycles. The number of aromatic hydroxyl groups is 1. The van der Waals surface area contributed by atoms with Gasteiger partial charge in [-0.2, -0.15) is 0 Å². The van der Waals surface area contributed by atoms with Crippen LogP contribution in [-0.2, 0) is 4.79 Å². The molecule has 3 nitrogen and oxygen atoms in total. The lowest BCUT2D eigenvalue weighted by Gasteiger charge is -2.04. The van der Waals surface area contributed by atoms with Crippen LogP contribution in [0.25, 0.3) is 6.08 Å². The van der Waals surface area contributed by atoms with Crippen molar-refractivity contribution in [3.8, 4) is 5.75 Å². The van der Waals surface area contributed by atoms with Crippen LogP contribution in [0.15, 0.2) is 30.3 Å². The first-order chi connectivity index (χ1) is 14.7. The average molecular weight is 416 g/mol. The van der Waals surface area contributed by atoms with Crippen LogP contribution in [0.2, 0.25) is 0 Å². The molecule has 0 aliphatic rings. The molecule has 2 N–H and O–H groups in total. The lowest BCUT2D eigenvalue weighted by Crippen LogP contribution is -2.21. The van der Waals surface area contributed by atoms with Gasteiger partial charge in [-0.1, -0.05) is 115 Å². The molecule has 0 saturated carbocycles. The Balaban J connectivity index is 1.81. The van der Waals surface area contributed by atoms with Gasteiger partial charge in [-0.15, -0.1) is 0 Å². The summed E-state index contributed by atoms with van der Waals surface area (Å²) in [4.78, 5) is 11.8. The van der Waals surface area contributed by atoms with E-state index in [-0.39, 0.29) is 11.7 Å². The second-order valence-electron chi connectivity index (χ2n) is 8.52. The van der Waals surface area contributed by atoms with Gasteiger partial charge in [-0.05, 0) is 30.2 Å². The molecule has 0 radical (unpaired) electrons. The van der Waals surface area contributed by atoms with Crippen LogP contribution >= 0.6 is 0 Å². The number of rotatable bonds is 19. The Morgan fingerprint density at radius 2 is 1.17 bits per heavy atom. The second-order valence-corrected chi connectivity index (χ2v) is 8.52. The number of phenolic OH excluding ortho intramolecular Hbond substituents is 1. The van der Waals surface area contributed by atoms with Crippen LogP contribution < -0.4 is 5.32 Å². The van der Waals surface area contributed by atoms with Crippen LogP contribution in [0.5, 0.6) is 5.75 Å². The van der Waals surface area contributed by atoms with E-state index in [0.29, 0.717) is 0 Å². The lowest BCUT2D eigenvalue weighted by atomic mass is 10.0. The van der Waals surface area contributed by atoms with Crippen molar-refractivity contribution in [3.63, 3.8) is 0 Å². The summed E-state index contributed by atoms with van der Waals surface area (Å²) in [5.41, 5.74) is 0.908. The van der Waals surface area contributed by atoms with Crippen molar-refractivity contribution in [2.75, 3.05) is 6.54 Å². The van der Waals surface area contributed by atoms with Gasteiger partial charge in [0, 0.05) is 12.6 Å². The van der Waals surface area contributed by atoms with E-state index >= 15 is 0 Å². The molecule has 0 fully saturated rings. The number of phenols is 1. The normalized spacial score (nSPS) is 11.2. The van der Waals surface area contributed by atoms with Gasteiger partial charge in [0.2, 0.25) is 5.91 Å². The number of amides is 1. The van der Waals surface area contributed by atoms with Crippen molar-refractivity contribution in [1.82, 2.24) is 5.32 Å². The van der Waals surface area contributed by atoms with Crippen molar-refractivity contribution < 1.29 is 9.90 Å². The van der Waals surface area contributed by atoms with Crippen LogP contribution in [0.1, 0.15) is 115 Å². The van der Waals surface area contributed by atoms with E-state index in [0.717, 1.165) is 18.5 Å². The first kappa shape index (κ1) is 26.3. The topological polar surface area (TPSA) is 49.3 Å². The Morgan fingerprint density at radius 3 is 1.63 bits per heavy atom. The number of hydrogen-bond donors (Lipinski definition) is 2. The fraction of sp³-hybridized carbons (Fsp3) is 0.667. The third kappa shape index (κ3) is 16.1. The molecule has 0 bridgehead atoms. The van der Waals surface area contributed by atoms with Gasteiger partial charge in [-0.25, -0.2) is 0 Å². The van der Waals surface area contributed by atoms with Gasteiger partial charge in [0.25, 0.3) is 0 Å². The molecule has 0 saturated heterocycles. The molecule has 1 amide bonds. The van der Waals surface area contributed by atoms with Gasteiger partial charge in [0.1, 0.15) is 5.75 Å². The molecule has 0 spiro atoms. The minimum Gasteiger partial charge on any atom is -0.508 e. The summed E-state index contributed by atoms with van der Waals surface area (Å²) in [6.07, 6.45) is 25.1. The summed E-state index contributed by atoms with van der Waals surface area (Å²) in [5, 5.41) is 12.2. The van der Waals surface area contributed by atoms with Gasteiger partial charge in [0.15, 0.2) is 0 Å². The van der Waals surface area contributed by atoms with Crippen molar-refractivity contribution >= 4 is 12.0 Å². The van der Waals surface area contributed by atoms with Crippen molar-refractivity contribution in [2.24, 2.45) is 0 Å². The Bertz CT molecular complexity index is 550. The zero-order valence-electron chi connectivity index (χ0n) is 19.3. The summed E-state index contributed by atoms with van der Waals surface area (Å²) in [6.45, 7) is 3.03. The van der Waals surface area contributed by atoms with E-state index in [1.165, 1.54) is 96.3 Å². The summed E-state index contributed by atoms with van der Waals surface area (Å²) in [6, 6.07) is 6.81. The highest BCUT2D eigenvalue weighted by atomic mass is 16.3. The standard InChI is InChI=1S/C27H45NO2/c1-2-3-4-5-6-7-8-9-10-11-12-13-14-15-16-17-24-28-27(30)23-20-25-18-21-26(29)22-19-25/h18-23,29H,2-17,24H2,1H3,(H,28,30)/b23-20+. The SMILES string of the molecule is CCCCCCCCCCCCCCCCCCNC(=O)/C=C/c1ccc(O)cc1. The summed E-state index contributed by atoms with van der Waals surface area (Å²) in [5.74, 6) is 0.184. The highest BCUT2D eigenvalue weighted by molar-refractivity contribution is 5.91. The summed E-state index contributed by atoms with van der Waals surface area (Å²) < 4.78 is 0. The Kier molecular flexibility index (Phi) is 16.8. The first-order valence-electron chi connectivity index (χ1n) is 12.5. The van der Waals surface area contributed by atoms with Crippen LogP contribution in [0.3, 0.4) is 0 Å². The van der Waals surface area contributed by atoms with Crippen LogP contribution in [-0.4, -0.2) is 17.6 Å². The molecule has 30 heavy (non-hydrogen) atoms. The van der Waals surface area contributed by atoms with E-state index in [1.807, 2.05) is 0 Å². The third-order valence-corrected chi connectivity index (χ3v) is 5.65. The Hall–Kier alpha value is -1.77. The van der Waals surface area contributed by atoms with Gasteiger partial charge >= 0.3 is 0 Å². The molecule has 0 aliphatic heterocycles. The molecule has 1 rings (SSSR count). The van der Waals surface area contributed by atoms with E-state index in [4.69, 9.17) is 0 Å². The fourth-order valence-electron chi connectivity index (χ4n) is 3.70. The molecular formula is C27H45NO2. The molecule has 0 unspecified atom stereocenters. The number of carbonyl (C=O) groups excluding carboxylic acids is 1. The summed E-state index contributed by atoms with van der Waals surface area (Å²) >= 11 is 0. The number of benzene rings is 1. The predicted octanol–water partition coefficient (Wildman–Crippen LogP) is 7.78. The van der Waals surface area contributed by atoms with Crippen LogP contribution in [0, 0.1) is 0 Å². The molecule has 1 aromatic rings. The third-order valence-electron chi connectivity index (χ3n) is 5.65. The molecule has 0 aliphatic carbocycles. The predicted molar refractivity (Wildman–Crippen MR) is 130 cm³/mol. The molecule has 3 heteroatoms. The highest BCUT2D eigenvalue weighted by Gasteiger charge is 1.97. The Labute approximate surface area is 185 Å². The largest absolute Gasteiger partial charge is 0.508 e. The first-order valence-corrected chi connectivity index (χ1v) is 12.5. The minimum atomic E-state index is -0.0518. The highest BCUT2D eigenvalue weighted by Crippen LogP contribution is 2.14. The molecular weight excluding hydrogens is 370 g/mol. The smallest absolute Gasteiger partial charge is 0.243 e. The Morgan fingerprint density at radius 1 is 0.733 bits per heavy atom. The van der Waals surface area contributed by atoms with Gasteiger partial charge in [0.05, 0.1) is 0 Å². The van der Waals surface area contributed by atoms with Gasteiger partial charge in [-0.3, -0.25) is 4.79 Å². The van der Waals surface area contributed by atoms with Crippen molar-refractivity contribution in [3.05, 3.63) is 35.9 Å². The molecule has 0 heterocycles. The molecule has 0 aromatic heterocycles. The maximum atomic E-state index is 11.8. The van der Waals surface area contributed by atoms with Gasteiger partial charge < -0.3 is 10.4 Å². The number of carbonyl (C=O) groups is 1. The van der Waals surface area contributed by atoms with Crippen molar-refractivity contribution in [1.29, 1.82) is 0 Å². The maximum absolute atomic E-state index is 11.8. The molecule has 0 atom stereocenters. The summed E-state index contributed by atoms with van der Waals surface area (Å²) in [7, 11) is 0. The number of hydrogen-bond acceptors (Lipinski definition) is 2. The zero-order chi connectivity index (χ0) is 21.7. The minimum absolute atomic E-state index is 0.0518. The molecule has 170 valence electrons. The zero-order valence-corrected chi connectivity index (χ0v) is 19.3. The second kappa shape index (κ2) is 19.2. The monoisotopic (exact) mass is 415 g/mol. The van der Waals surface area contributed by atoms with Crippen molar-refractivity contribution in [2.45, 2.75) is 110 Å². The quantitative estimate of drug-likeness (QED) is 0.179. The average Bonchev–Trinajstić information content (AvgIpc) is 2.75. The maximum Gasteiger partial charge on any atom is 0.243 e. The van der Waals surface area contributed by atoms with E-state index in [9.17, 15) is 9.90 Å². The number of nitrogens with one attached hydrogen (secondary N) is 1. The number of unbranched alkanes of at least 4 members (excludes halogenated alkanes) is 15. The van der Waals surface area contributed by atoms with Crippen LogP contribution in [0.4, 0.5) is 0 Å². The van der Waals surface area contributed by atoms with E-state index in [2.05, 4.69) is 12.2 Å². The van der Waals surface area contributed by atoms with E-state index < -0.39 is 0 Å². The fourth-order valence-corrected chi connectivity index (χ4v) is 3.70. The van der Waals surface area contributed by atoms with E-state index in [1.54, 1.807) is 36.4 Å². The lowest BCUT2D eigenvalue weighted by molar-refractivity contribution is -0.116.